The van der Waals surface area contributed by atoms with E-state index >= 15 is 0 Å². The minimum atomic E-state index is 0. The van der Waals surface area contributed by atoms with Gasteiger partial charge in [-0.05, 0) is 0 Å². The summed E-state index contributed by atoms with van der Waals surface area (Å²) in [5.41, 5.74) is 0. The van der Waals surface area contributed by atoms with Crippen LogP contribution in [0, 0.1) is 27.7 Å². The molecule has 0 fully saturated rings. The van der Waals surface area contributed by atoms with Crippen molar-refractivity contribution in [2.75, 3.05) is 0 Å². The molecule has 0 rings (SSSR count). The second-order valence-corrected chi connectivity index (χ2v) is 0.707. The van der Waals surface area contributed by atoms with Crippen LogP contribution in [-0.4, -0.2) is 0 Å². The Balaban J connectivity index is -0.0000000125. The standard InChI is InChI=1S/C4H8.2C2H5.2Zn/c1-3-4-2;2*1-2;;/h1-4H2;2*1H2,2H3;;/q-2;2*-1;2*+2. The van der Waals surface area contributed by atoms with Crippen LogP contribution in [-0.2, 0) is 39.0 Å². The summed E-state index contributed by atoms with van der Waals surface area (Å²) in [6.07, 6.45) is 1.92. The molecule has 2 heteroatoms. The molecule has 0 aromatic rings. The van der Waals surface area contributed by atoms with Crippen LogP contribution in [0.3, 0.4) is 0 Å². The smallest absolute Gasteiger partial charge is 0.346 e. The number of unbranched alkanes of at least 4 members (excludes halogenated alkanes) is 1. The first-order valence-electron chi connectivity index (χ1n) is 2.91. The van der Waals surface area contributed by atoms with Crippen LogP contribution in [0.5, 0.6) is 0 Å². The average Bonchev–Trinajstić information content (AvgIpc) is 1.96. The molecule has 0 aromatic carbocycles. The summed E-state index contributed by atoms with van der Waals surface area (Å²) in [7, 11) is 0. The molecule has 0 aromatic heterocycles. The van der Waals surface area contributed by atoms with Crippen LogP contribution in [0.4, 0.5) is 0 Å². The van der Waals surface area contributed by atoms with Crippen molar-refractivity contribution >= 4 is 0 Å². The van der Waals surface area contributed by atoms with Gasteiger partial charge < -0.3 is 27.7 Å². The van der Waals surface area contributed by atoms with Gasteiger partial charge in [0.25, 0.3) is 0 Å². The molecule has 0 heterocycles. The van der Waals surface area contributed by atoms with Crippen molar-refractivity contribution in [3.8, 4) is 0 Å². The number of hydrogen-bond acceptors (Lipinski definition) is 0. The summed E-state index contributed by atoms with van der Waals surface area (Å²) >= 11 is 0. The molecule has 0 saturated carbocycles. The van der Waals surface area contributed by atoms with Crippen LogP contribution in [0.2, 0.25) is 0 Å². The molecule has 0 N–H and O–H groups in total. The molecular weight excluding hydrogens is 227 g/mol. The maximum absolute atomic E-state index is 3.54. The Morgan fingerprint density at radius 2 is 0.800 bits per heavy atom. The molecule has 0 nitrogen and oxygen atoms in total. The monoisotopic (exact) mass is 242 g/mol. The van der Waals surface area contributed by atoms with E-state index in [9.17, 15) is 0 Å². The van der Waals surface area contributed by atoms with E-state index in [0.29, 0.717) is 0 Å². The van der Waals surface area contributed by atoms with Gasteiger partial charge in [-0.3, -0.25) is 0 Å². The minimum absolute atomic E-state index is 0. The predicted molar refractivity (Wildman–Crippen MR) is 42.0 cm³/mol. The first-order chi connectivity index (χ1) is 3.91. The first kappa shape index (κ1) is 30.3. The summed E-state index contributed by atoms with van der Waals surface area (Å²) in [6.45, 7) is 17.1. The Bertz CT molecular complexity index is 9.22. The number of rotatable bonds is 1. The van der Waals surface area contributed by atoms with Gasteiger partial charge in [-0.25, -0.2) is 12.8 Å². The molecule has 0 atom stereocenters. The summed E-state index contributed by atoms with van der Waals surface area (Å²) in [5, 5.41) is 0. The van der Waals surface area contributed by atoms with Gasteiger partial charge in [0.05, 0.1) is 0 Å². The molecule has 0 amide bonds. The predicted octanol–water partition coefficient (Wildman–Crippen LogP) is 3.11. The maximum Gasteiger partial charge on any atom is 2.00 e. The van der Waals surface area contributed by atoms with Gasteiger partial charge in [0.1, 0.15) is 0 Å². The zero-order chi connectivity index (χ0) is 7.41. The fourth-order valence-electron chi connectivity index (χ4n) is 0. The van der Waals surface area contributed by atoms with Gasteiger partial charge >= 0.3 is 39.0 Å². The van der Waals surface area contributed by atoms with Crippen molar-refractivity contribution in [3.05, 3.63) is 27.7 Å². The average molecular weight is 245 g/mol. The maximum atomic E-state index is 3.54. The van der Waals surface area contributed by atoms with E-state index in [1.54, 1.807) is 13.8 Å². The molecule has 10 heavy (non-hydrogen) atoms. The van der Waals surface area contributed by atoms with E-state index in [4.69, 9.17) is 0 Å². The van der Waals surface area contributed by atoms with E-state index in [1.165, 1.54) is 0 Å². The molecule has 0 bridgehead atoms. The van der Waals surface area contributed by atoms with Gasteiger partial charge in [0, 0.05) is 0 Å². The fraction of sp³-hybridized carbons (Fsp3) is 0.500. The van der Waals surface area contributed by atoms with Crippen LogP contribution < -0.4 is 0 Å². The second kappa shape index (κ2) is 83.1. The van der Waals surface area contributed by atoms with E-state index in [1.807, 2.05) is 0 Å². The molecule has 0 aliphatic carbocycles. The molecule has 0 saturated heterocycles. The summed E-state index contributed by atoms with van der Waals surface area (Å²) in [4.78, 5) is 0. The van der Waals surface area contributed by atoms with Crippen molar-refractivity contribution in [3.63, 3.8) is 0 Å². The quantitative estimate of drug-likeness (QED) is 0.491. The summed E-state index contributed by atoms with van der Waals surface area (Å²) in [6, 6.07) is 0. The van der Waals surface area contributed by atoms with Crippen molar-refractivity contribution in [1.29, 1.82) is 0 Å². The largest absolute Gasteiger partial charge is 2.00 e. The van der Waals surface area contributed by atoms with Crippen molar-refractivity contribution < 1.29 is 39.0 Å². The van der Waals surface area contributed by atoms with Gasteiger partial charge in [-0.2, -0.15) is 13.8 Å². The van der Waals surface area contributed by atoms with E-state index in [2.05, 4.69) is 27.7 Å². The van der Waals surface area contributed by atoms with Crippen molar-refractivity contribution in [1.82, 2.24) is 0 Å². The normalized spacial score (nSPS) is 4.20. The van der Waals surface area contributed by atoms with Crippen molar-refractivity contribution in [2.45, 2.75) is 26.7 Å². The Labute approximate surface area is 93.1 Å². The van der Waals surface area contributed by atoms with Crippen LogP contribution >= 0.6 is 0 Å². The molecule has 0 radical (unpaired) electrons. The third kappa shape index (κ3) is 125. The zero-order valence-corrected chi connectivity index (χ0v) is 13.6. The van der Waals surface area contributed by atoms with E-state index < -0.39 is 0 Å². The Kier molecular flexibility index (Phi) is 252. The van der Waals surface area contributed by atoms with E-state index in [-0.39, 0.29) is 39.0 Å². The third-order valence-corrected chi connectivity index (χ3v) is 0.250. The molecule has 0 aliphatic heterocycles. The summed E-state index contributed by atoms with van der Waals surface area (Å²) < 4.78 is 0. The van der Waals surface area contributed by atoms with Crippen LogP contribution in [0.25, 0.3) is 0 Å². The molecule has 0 spiro atoms. The molecule has 0 unspecified atom stereocenters. The Morgan fingerprint density at radius 3 is 0.800 bits per heavy atom. The zero-order valence-electron chi connectivity index (χ0n) is 7.66. The topological polar surface area (TPSA) is 0 Å². The summed E-state index contributed by atoms with van der Waals surface area (Å²) in [5.74, 6) is 0. The second-order valence-electron chi connectivity index (χ2n) is 0.707. The molecular formula is C8H18Zn2. The number of hydrogen-bond donors (Lipinski definition) is 0. The Morgan fingerprint density at radius 1 is 0.700 bits per heavy atom. The van der Waals surface area contributed by atoms with Crippen LogP contribution in [0.1, 0.15) is 26.7 Å². The van der Waals surface area contributed by atoms with Gasteiger partial charge in [-0.15, -0.1) is 0 Å². The molecule has 54 valence electrons. The van der Waals surface area contributed by atoms with Gasteiger partial charge in [0.2, 0.25) is 0 Å². The van der Waals surface area contributed by atoms with Crippen molar-refractivity contribution in [2.24, 2.45) is 0 Å². The van der Waals surface area contributed by atoms with E-state index in [0.717, 1.165) is 12.8 Å². The fourth-order valence-corrected chi connectivity index (χ4v) is 0. The minimum Gasteiger partial charge on any atom is -0.346 e. The third-order valence-electron chi connectivity index (χ3n) is 0.250. The molecule has 0 aliphatic rings. The Hall–Kier alpha value is 1.25. The SMILES string of the molecule is [CH2-]C.[CH2-]C.[CH2-]CC[CH2-].[Zn+2].[Zn+2]. The first-order valence-corrected chi connectivity index (χ1v) is 2.91. The van der Waals surface area contributed by atoms with Gasteiger partial charge in [0.15, 0.2) is 0 Å². The van der Waals surface area contributed by atoms with Crippen LogP contribution in [0.15, 0.2) is 0 Å². The van der Waals surface area contributed by atoms with Gasteiger partial charge in [-0.1, -0.05) is 0 Å².